The van der Waals surface area contributed by atoms with Crippen LogP contribution >= 0.6 is 0 Å². The second-order valence-electron chi connectivity index (χ2n) is 6.43. The number of nitrogens with zero attached hydrogens (tertiary/aromatic N) is 5. The molecule has 0 radical (unpaired) electrons. The van der Waals surface area contributed by atoms with E-state index >= 15 is 0 Å². The van der Waals surface area contributed by atoms with Crippen molar-refractivity contribution in [3.05, 3.63) is 60.4 Å². The van der Waals surface area contributed by atoms with Crippen molar-refractivity contribution in [2.45, 2.75) is 19.3 Å². The second kappa shape index (κ2) is 7.43. The summed E-state index contributed by atoms with van der Waals surface area (Å²) >= 11 is 0. The normalized spacial score (nSPS) is 17.2. The van der Waals surface area contributed by atoms with Crippen LogP contribution in [0.15, 0.2) is 53.4 Å². The van der Waals surface area contributed by atoms with Gasteiger partial charge >= 0.3 is 0 Å². The highest BCUT2D eigenvalue weighted by Gasteiger charge is 2.26. The molecular formula is C19H19N5O2. The highest BCUT2D eigenvalue weighted by atomic mass is 16.5. The third kappa shape index (κ3) is 3.61. The second-order valence-corrected chi connectivity index (χ2v) is 6.43. The van der Waals surface area contributed by atoms with Crippen molar-refractivity contribution < 1.29 is 9.32 Å². The number of carbonyl (C=O) groups is 1. The summed E-state index contributed by atoms with van der Waals surface area (Å²) in [6.07, 6.45) is 7.49. The maximum absolute atomic E-state index is 12.6. The van der Waals surface area contributed by atoms with Gasteiger partial charge in [-0.1, -0.05) is 23.4 Å². The van der Waals surface area contributed by atoms with Crippen LogP contribution in [0.1, 0.15) is 29.1 Å². The van der Waals surface area contributed by atoms with Crippen LogP contribution in [0, 0.1) is 5.92 Å². The lowest BCUT2D eigenvalue weighted by molar-refractivity contribution is 0.0668. The molecule has 1 aliphatic heterocycles. The zero-order valence-electron chi connectivity index (χ0n) is 14.3. The zero-order chi connectivity index (χ0) is 17.8. The minimum Gasteiger partial charge on any atom is -0.339 e. The summed E-state index contributed by atoms with van der Waals surface area (Å²) in [4.78, 5) is 27.2. The van der Waals surface area contributed by atoms with Crippen molar-refractivity contribution in [1.29, 1.82) is 0 Å². The Hall–Kier alpha value is -3.09. The number of hydrogen-bond donors (Lipinski definition) is 0. The molecule has 4 rings (SSSR count). The van der Waals surface area contributed by atoms with Crippen LogP contribution in [0.3, 0.4) is 0 Å². The van der Waals surface area contributed by atoms with Crippen LogP contribution in [0.2, 0.25) is 0 Å². The van der Waals surface area contributed by atoms with Crippen LogP contribution in [-0.4, -0.2) is 44.0 Å². The van der Waals surface area contributed by atoms with Crippen LogP contribution in [0.25, 0.3) is 11.5 Å². The van der Waals surface area contributed by atoms with Gasteiger partial charge in [-0.3, -0.25) is 9.78 Å². The van der Waals surface area contributed by atoms with Gasteiger partial charge in [0, 0.05) is 37.5 Å². The summed E-state index contributed by atoms with van der Waals surface area (Å²) in [5, 5.41) is 3.98. The third-order valence-electron chi connectivity index (χ3n) is 4.55. The lowest BCUT2D eigenvalue weighted by Gasteiger charge is -2.32. The van der Waals surface area contributed by atoms with Crippen LogP contribution in [-0.2, 0) is 6.42 Å². The predicted octanol–water partition coefficient (Wildman–Crippen LogP) is 2.62. The zero-order valence-corrected chi connectivity index (χ0v) is 14.3. The van der Waals surface area contributed by atoms with Gasteiger partial charge in [-0.05, 0) is 30.9 Å². The Morgan fingerprint density at radius 2 is 2.12 bits per heavy atom. The molecule has 0 saturated carbocycles. The standard InChI is InChI=1S/C19H19N5O2/c25-19(15-6-2-1-3-7-15)24-10-4-5-14(13-24)11-17-22-18(23-26-17)16-12-20-8-9-21-16/h1-3,6-9,12,14H,4-5,10-11,13H2. The van der Waals surface area contributed by atoms with E-state index in [1.807, 2.05) is 35.2 Å². The summed E-state index contributed by atoms with van der Waals surface area (Å²) in [5.74, 6) is 1.42. The van der Waals surface area contributed by atoms with Crippen molar-refractivity contribution >= 4 is 5.91 Å². The van der Waals surface area contributed by atoms with Crippen LogP contribution in [0.4, 0.5) is 0 Å². The largest absolute Gasteiger partial charge is 0.339 e. The predicted molar refractivity (Wildman–Crippen MR) is 94.1 cm³/mol. The fraction of sp³-hybridized carbons (Fsp3) is 0.316. The summed E-state index contributed by atoms with van der Waals surface area (Å²) in [7, 11) is 0. The summed E-state index contributed by atoms with van der Waals surface area (Å²) in [6, 6.07) is 9.41. The Labute approximate surface area is 151 Å². The van der Waals surface area contributed by atoms with Crippen molar-refractivity contribution in [1.82, 2.24) is 25.0 Å². The molecule has 2 aromatic heterocycles. The average Bonchev–Trinajstić information content (AvgIpc) is 3.17. The Kier molecular flexibility index (Phi) is 4.68. The first-order valence-electron chi connectivity index (χ1n) is 8.73. The Morgan fingerprint density at radius 1 is 1.23 bits per heavy atom. The fourth-order valence-corrected chi connectivity index (χ4v) is 3.28. The first-order chi connectivity index (χ1) is 12.8. The molecule has 0 aliphatic carbocycles. The molecule has 132 valence electrons. The number of rotatable bonds is 4. The highest BCUT2D eigenvalue weighted by molar-refractivity contribution is 5.94. The van der Waals surface area contributed by atoms with Gasteiger partial charge in [-0.15, -0.1) is 0 Å². The lowest BCUT2D eigenvalue weighted by atomic mass is 9.94. The summed E-state index contributed by atoms with van der Waals surface area (Å²) in [5.41, 5.74) is 1.32. The molecule has 26 heavy (non-hydrogen) atoms. The quantitative estimate of drug-likeness (QED) is 0.720. The van der Waals surface area contributed by atoms with E-state index in [-0.39, 0.29) is 5.91 Å². The third-order valence-corrected chi connectivity index (χ3v) is 4.55. The molecular weight excluding hydrogens is 330 g/mol. The number of benzene rings is 1. The number of aromatic nitrogens is 4. The molecule has 0 N–H and O–H groups in total. The van der Waals surface area contributed by atoms with Crippen molar-refractivity contribution in [2.75, 3.05) is 13.1 Å². The fourth-order valence-electron chi connectivity index (χ4n) is 3.28. The van der Waals surface area contributed by atoms with E-state index in [4.69, 9.17) is 4.52 Å². The number of piperidine rings is 1. The minimum absolute atomic E-state index is 0.0843. The number of likely N-dealkylation sites (tertiary alicyclic amines) is 1. The molecule has 1 aromatic carbocycles. The van der Waals surface area contributed by atoms with Crippen molar-refractivity contribution in [3.8, 4) is 11.5 Å². The van der Waals surface area contributed by atoms with Crippen LogP contribution < -0.4 is 0 Å². The van der Waals surface area contributed by atoms with E-state index in [1.165, 1.54) is 0 Å². The summed E-state index contributed by atoms with van der Waals surface area (Å²) < 4.78 is 5.37. The van der Waals surface area contributed by atoms with Gasteiger partial charge < -0.3 is 9.42 Å². The summed E-state index contributed by atoms with van der Waals surface area (Å²) in [6.45, 7) is 1.50. The minimum atomic E-state index is 0.0843. The molecule has 1 unspecified atom stereocenters. The highest BCUT2D eigenvalue weighted by Crippen LogP contribution is 2.22. The van der Waals surface area contributed by atoms with Crippen molar-refractivity contribution in [2.24, 2.45) is 5.92 Å². The number of hydrogen-bond acceptors (Lipinski definition) is 6. The Morgan fingerprint density at radius 3 is 2.92 bits per heavy atom. The monoisotopic (exact) mass is 349 g/mol. The Balaban J connectivity index is 1.41. The molecule has 0 spiro atoms. The molecule has 3 heterocycles. The lowest BCUT2D eigenvalue weighted by Crippen LogP contribution is -2.40. The van der Waals surface area contributed by atoms with Gasteiger partial charge in [0.25, 0.3) is 5.91 Å². The molecule has 1 aliphatic rings. The maximum Gasteiger partial charge on any atom is 0.253 e. The van der Waals surface area contributed by atoms with Crippen molar-refractivity contribution in [3.63, 3.8) is 0 Å². The molecule has 1 atom stereocenters. The first-order valence-corrected chi connectivity index (χ1v) is 8.73. The molecule has 1 saturated heterocycles. The van der Waals surface area contributed by atoms with Gasteiger partial charge in [0.1, 0.15) is 5.69 Å². The van der Waals surface area contributed by atoms with E-state index < -0.39 is 0 Å². The smallest absolute Gasteiger partial charge is 0.253 e. The van der Waals surface area contributed by atoms with Gasteiger partial charge in [-0.25, -0.2) is 4.98 Å². The van der Waals surface area contributed by atoms with Gasteiger partial charge in [0.2, 0.25) is 11.7 Å². The van der Waals surface area contributed by atoms with Gasteiger partial charge in [0.05, 0.1) is 6.20 Å². The van der Waals surface area contributed by atoms with Gasteiger partial charge in [0.15, 0.2) is 0 Å². The molecule has 7 nitrogen and oxygen atoms in total. The molecule has 0 bridgehead atoms. The molecule has 7 heteroatoms. The van der Waals surface area contributed by atoms with Gasteiger partial charge in [-0.2, -0.15) is 4.98 Å². The number of carbonyl (C=O) groups excluding carboxylic acids is 1. The number of amides is 1. The SMILES string of the molecule is O=C(c1ccccc1)N1CCCC(Cc2nc(-c3cnccn3)no2)C1. The first kappa shape index (κ1) is 16.4. The van der Waals surface area contributed by atoms with Crippen LogP contribution in [0.5, 0.6) is 0 Å². The van der Waals surface area contributed by atoms with E-state index in [0.29, 0.717) is 36.3 Å². The maximum atomic E-state index is 12.6. The molecule has 1 fully saturated rings. The Bertz CT molecular complexity index is 866. The average molecular weight is 349 g/mol. The van der Waals surface area contributed by atoms with E-state index in [9.17, 15) is 4.79 Å². The molecule has 1 amide bonds. The van der Waals surface area contributed by atoms with E-state index in [1.54, 1.807) is 18.6 Å². The molecule has 3 aromatic rings. The topological polar surface area (TPSA) is 85.0 Å². The van der Waals surface area contributed by atoms with E-state index in [0.717, 1.165) is 24.9 Å². The van der Waals surface area contributed by atoms with E-state index in [2.05, 4.69) is 20.1 Å².